The number of rotatable bonds is 9. The molecule has 0 radical (unpaired) electrons. The monoisotopic (exact) mass is 317 g/mol. The van der Waals surface area contributed by atoms with E-state index in [4.69, 9.17) is 5.73 Å². The van der Waals surface area contributed by atoms with Crippen LogP contribution in [0.15, 0.2) is 24.3 Å². The van der Waals surface area contributed by atoms with Crippen molar-refractivity contribution in [3.05, 3.63) is 29.8 Å². The quantitative estimate of drug-likeness (QED) is 0.709. The summed E-state index contributed by atoms with van der Waals surface area (Å²) in [6.07, 6.45) is -4.91. The van der Waals surface area contributed by atoms with Gasteiger partial charge in [0.2, 0.25) is 0 Å². The van der Waals surface area contributed by atoms with Crippen molar-refractivity contribution in [2.75, 3.05) is 38.5 Å². The average molecular weight is 317 g/mol. The van der Waals surface area contributed by atoms with Gasteiger partial charge in [-0.1, -0.05) is 26.0 Å². The molecule has 22 heavy (non-hydrogen) atoms. The van der Waals surface area contributed by atoms with Crippen molar-refractivity contribution in [1.29, 1.82) is 0 Å². The van der Waals surface area contributed by atoms with Gasteiger partial charge < -0.3 is 10.6 Å². The Morgan fingerprint density at radius 3 is 2.18 bits per heavy atom. The summed E-state index contributed by atoms with van der Waals surface area (Å²) in [5, 5.41) is 0. The lowest BCUT2D eigenvalue weighted by Crippen LogP contribution is -2.36. The summed E-state index contributed by atoms with van der Waals surface area (Å²) in [6, 6.07) is 7.32. The largest absolute Gasteiger partial charge is 0.399 e. The number of nitrogen functional groups attached to an aromatic ring is 1. The minimum Gasteiger partial charge on any atom is -0.399 e. The van der Waals surface area contributed by atoms with E-state index in [1.54, 1.807) is 6.07 Å². The second kappa shape index (κ2) is 9.00. The first-order valence-electron chi connectivity index (χ1n) is 7.70. The molecule has 0 aromatic heterocycles. The van der Waals surface area contributed by atoms with Crippen LogP contribution >= 0.6 is 0 Å². The second-order valence-electron chi connectivity index (χ2n) is 5.41. The van der Waals surface area contributed by atoms with E-state index in [1.165, 1.54) is 0 Å². The van der Waals surface area contributed by atoms with Crippen molar-refractivity contribution in [3.8, 4) is 0 Å². The number of anilines is 1. The van der Waals surface area contributed by atoms with Crippen LogP contribution in [0.25, 0.3) is 0 Å². The molecule has 0 spiro atoms. The molecule has 0 saturated carbocycles. The Kier molecular flexibility index (Phi) is 7.68. The van der Waals surface area contributed by atoms with Crippen LogP contribution in [0.5, 0.6) is 0 Å². The third-order valence-electron chi connectivity index (χ3n) is 3.70. The van der Waals surface area contributed by atoms with Crippen LogP contribution in [0.1, 0.15) is 25.8 Å². The van der Waals surface area contributed by atoms with Gasteiger partial charge in [-0.05, 0) is 30.8 Å². The highest BCUT2D eigenvalue weighted by atomic mass is 19.4. The average Bonchev–Trinajstić information content (AvgIpc) is 2.44. The van der Waals surface area contributed by atoms with E-state index in [0.29, 0.717) is 18.8 Å². The van der Waals surface area contributed by atoms with Gasteiger partial charge in [-0.3, -0.25) is 4.90 Å². The smallest absolute Gasteiger partial charge is 0.390 e. The summed E-state index contributed by atoms with van der Waals surface area (Å²) >= 11 is 0. The Morgan fingerprint density at radius 1 is 1.00 bits per heavy atom. The molecule has 0 bridgehead atoms. The van der Waals surface area contributed by atoms with Crippen LogP contribution in [0.2, 0.25) is 0 Å². The lowest BCUT2D eigenvalue weighted by atomic mass is 10.2. The van der Waals surface area contributed by atoms with E-state index in [-0.39, 0.29) is 6.54 Å². The van der Waals surface area contributed by atoms with E-state index < -0.39 is 12.6 Å². The summed E-state index contributed by atoms with van der Waals surface area (Å²) in [6.45, 7) is 7.81. The van der Waals surface area contributed by atoms with Crippen LogP contribution in [-0.2, 0) is 6.54 Å². The first-order valence-corrected chi connectivity index (χ1v) is 7.70. The van der Waals surface area contributed by atoms with Crippen LogP contribution < -0.4 is 5.73 Å². The first-order chi connectivity index (χ1) is 10.3. The van der Waals surface area contributed by atoms with E-state index in [2.05, 4.69) is 18.7 Å². The minimum absolute atomic E-state index is 0.0135. The minimum atomic E-state index is -4.12. The molecule has 0 aliphatic rings. The molecule has 2 N–H and O–H groups in total. The van der Waals surface area contributed by atoms with E-state index in [1.807, 2.05) is 23.1 Å². The van der Waals surface area contributed by atoms with Gasteiger partial charge in [0.25, 0.3) is 0 Å². The number of hydrogen-bond acceptors (Lipinski definition) is 3. The van der Waals surface area contributed by atoms with Crippen molar-refractivity contribution < 1.29 is 13.2 Å². The van der Waals surface area contributed by atoms with Crippen LogP contribution in [-0.4, -0.2) is 48.7 Å². The summed E-state index contributed by atoms with van der Waals surface area (Å²) in [4.78, 5) is 4.06. The summed E-state index contributed by atoms with van der Waals surface area (Å²) in [7, 11) is 0. The van der Waals surface area contributed by atoms with Crippen LogP contribution in [0.4, 0.5) is 18.9 Å². The molecule has 1 rings (SSSR count). The first kappa shape index (κ1) is 18.8. The molecule has 0 aliphatic carbocycles. The van der Waals surface area contributed by atoms with Crippen LogP contribution in [0.3, 0.4) is 0 Å². The highest BCUT2D eigenvalue weighted by molar-refractivity contribution is 5.40. The van der Waals surface area contributed by atoms with Crippen molar-refractivity contribution in [2.45, 2.75) is 33.0 Å². The zero-order chi connectivity index (χ0) is 16.6. The number of hydrogen-bond donors (Lipinski definition) is 1. The molecular formula is C16H26F3N3. The third-order valence-corrected chi connectivity index (χ3v) is 3.70. The fourth-order valence-electron chi connectivity index (χ4n) is 2.33. The number of nitrogens with zero attached hydrogens (tertiary/aromatic N) is 2. The third kappa shape index (κ3) is 7.66. The van der Waals surface area contributed by atoms with E-state index in [9.17, 15) is 13.2 Å². The topological polar surface area (TPSA) is 32.5 Å². The molecule has 0 unspecified atom stereocenters. The Morgan fingerprint density at radius 2 is 1.64 bits per heavy atom. The number of likely N-dealkylation sites (N-methyl/N-ethyl adjacent to an activating group) is 1. The number of alkyl halides is 3. The van der Waals surface area contributed by atoms with Crippen molar-refractivity contribution in [2.24, 2.45) is 0 Å². The van der Waals surface area contributed by atoms with Crippen molar-refractivity contribution in [3.63, 3.8) is 0 Å². The molecular weight excluding hydrogens is 291 g/mol. The van der Waals surface area contributed by atoms with Crippen molar-refractivity contribution >= 4 is 5.69 Å². The van der Waals surface area contributed by atoms with E-state index >= 15 is 0 Å². The molecule has 0 saturated heterocycles. The molecule has 3 nitrogen and oxygen atoms in total. The lowest BCUT2D eigenvalue weighted by molar-refractivity contribution is -0.138. The molecule has 126 valence electrons. The van der Waals surface area contributed by atoms with Gasteiger partial charge in [-0.25, -0.2) is 0 Å². The maximum atomic E-state index is 12.5. The molecule has 0 aliphatic heterocycles. The zero-order valence-corrected chi connectivity index (χ0v) is 13.4. The fourth-order valence-corrected chi connectivity index (χ4v) is 2.33. The Balaban J connectivity index is 2.64. The maximum absolute atomic E-state index is 12.5. The predicted octanol–water partition coefficient (Wildman–Crippen LogP) is 3.37. The molecule has 0 fully saturated rings. The van der Waals surface area contributed by atoms with Crippen molar-refractivity contribution in [1.82, 2.24) is 9.80 Å². The predicted molar refractivity (Wildman–Crippen MR) is 84.6 cm³/mol. The summed E-state index contributed by atoms with van der Waals surface area (Å²) in [5.74, 6) is 0. The molecule has 6 heteroatoms. The second-order valence-corrected chi connectivity index (χ2v) is 5.41. The lowest BCUT2D eigenvalue weighted by Gasteiger charge is -2.27. The summed E-state index contributed by atoms with van der Waals surface area (Å²) < 4.78 is 37.5. The van der Waals surface area contributed by atoms with Gasteiger partial charge in [0.05, 0.1) is 6.42 Å². The zero-order valence-electron chi connectivity index (χ0n) is 13.4. The normalized spacial score (nSPS) is 12.3. The Bertz CT molecular complexity index is 431. The van der Waals surface area contributed by atoms with Gasteiger partial charge in [-0.2, -0.15) is 13.2 Å². The molecule has 1 aromatic rings. The highest BCUT2D eigenvalue weighted by Crippen LogP contribution is 2.20. The molecule has 0 atom stereocenters. The fraction of sp³-hybridized carbons (Fsp3) is 0.625. The number of benzene rings is 1. The SMILES string of the molecule is CCN(CC)CCN(CCC(F)(F)F)Cc1cccc(N)c1. The Labute approximate surface area is 130 Å². The maximum Gasteiger partial charge on any atom is 0.390 e. The van der Waals surface area contributed by atoms with E-state index in [0.717, 1.165) is 25.2 Å². The molecule has 1 aromatic carbocycles. The number of halogens is 3. The molecule has 0 heterocycles. The van der Waals surface area contributed by atoms with Gasteiger partial charge in [0.1, 0.15) is 0 Å². The van der Waals surface area contributed by atoms with Crippen LogP contribution in [0, 0.1) is 0 Å². The van der Waals surface area contributed by atoms with Gasteiger partial charge in [-0.15, -0.1) is 0 Å². The Hall–Kier alpha value is -1.27. The number of nitrogens with two attached hydrogens (primary N) is 1. The van der Waals surface area contributed by atoms with Gasteiger partial charge >= 0.3 is 6.18 Å². The van der Waals surface area contributed by atoms with Gasteiger partial charge in [0, 0.05) is 31.9 Å². The standard InChI is InChI=1S/C16H26F3N3/c1-3-21(4-2)10-11-22(9-8-16(17,18)19)13-14-6-5-7-15(20)12-14/h5-7,12H,3-4,8-11,13,20H2,1-2H3. The van der Waals surface area contributed by atoms with Gasteiger partial charge in [0.15, 0.2) is 0 Å². The highest BCUT2D eigenvalue weighted by Gasteiger charge is 2.27. The summed E-state index contributed by atoms with van der Waals surface area (Å²) in [5.41, 5.74) is 7.32. The molecule has 0 amide bonds.